The van der Waals surface area contributed by atoms with Gasteiger partial charge in [0.25, 0.3) is 5.91 Å². The molecular formula is C19H13F2N5O. The molecule has 0 aliphatic rings. The van der Waals surface area contributed by atoms with Crippen LogP contribution >= 0.6 is 0 Å². The van der Waals surface area contributed by atoms with Gasteiger partial charge in [0.1, 0.15) is 17.3 Å². The molecule has 0 aliphatic carbocycles. The number of halogens is 2. The lowest BCUT2D eigenvalue weighted by Gasteiger charge is -2.07. The standard InChI is InChI=1S/C19H13F2N5O/c1-11-17(26-9-3-2-4-16(26)23-11)15-7-8-22-19(24-15)25-18(27)13-6-5-12(20)10-14(13)21/h2-10H,1H3,(H,22,24,25,27). The number of anilines is 1. The number of pyridine rings is 1. The number of aromatic nitrogens is 4. The van der Waals surface area contributed by atoms with Crippen LogP contribution in [0.3, 0.4) is 0 Å². The molecule has 134 valence electrons. The van der Waals surface area contributed by atoms with E-state index >= 15 is 0 Å². The number of nitrogens with one attached hydrogen (secondary N) is 1. The number of imidazole rings is 1. The van der Waals surface area contributed by atoms with E-state index in [1.807, 2.05) is 35.7 Å². The number of benzene rings is 1. The largest absolute Gasteiger partial charge is 0.298 e. The van der Waals surface area contributed by atoms with E-state index in [0.29, 0.717) is 11.8 Å². The minimum absolute atomic E-state index is 0.00602. The summed E-state index contributed by atoms with van der Waals surface area (Å²) in [5, 5.41) is 2.44. The molecule has 0 atom stereocenters. The lowest BCUT2D eigenvalue weighted by atomic mass is 10.2. The van der Waals surface area contributed by atoms with Gasteiger partial charge >= 0.3 is 0 Å². The molecule has 4 rings (SSSR count). The maximum absolute atomic E-state index is 13.8. The Morgan fingerprint density at radius 3 is 2.78 bits per heavy atom. The summed E-state index contributed by atoms with van der Waals surface area (Å²) >= 11 is 0. The molecular weight excluding hydrogens is 352 g/mol. The molecule has 1 N–H and O–H groups in total. The van der Waals surface area contributed by atoms with Crippen LogP contribution in [0, 0.1) is 18.6 Å². The lowest BCUT2D eigenvalue weighted by molar-refractivity contribution is 0.102. The quantitative estimate of drug-likeness (QED) is 0.602. The predicted octanol–water partition coefficient (Wildman–Crippen LogP) is 3.63. The van der Waals surface area contributed by atoms with Crippen LogP contribution in [0.4, 0.5) is 14.7 Å². The molecule has 27 heavy (non-hydrogen) atoms. The minimum atomic E-state index is -0.957. The number of hydrogen-bond acceptors (Lipinski definition) is 4. The average molecular weight is 365 g/mol. The number of aryl methyl sites for hydroxylation is 1. The van der Waals surface area contributed by atoms with Gasteiger partial charge in [-0.05, 0) is 37.3 Å². The SMILES string of the molecule is Cc1nc2ccccn2c1-c1ccnc(NC(=O)c2ccc(F)cc2F)n1. The van der Waals surface area contributed by atoms with Crippen molar-refractivity contribution in [3.8, 4) is 11.4 Å². The summed E-state index contributed by atoms with van der Waals surface area (Å²) in [7, 11) is 0. The molecule has 0 radical (unpaired) electrons. The molecule has 8 heteroatoms. The van der Waals surface area contributed by atoms with Crippen molar-refractivity contribution in [1.82, 2.24) is 19.4 Å². The van der Waals surface area contributed by atoms with Crippen LogP contribution in [0.5, 0.6) is 0 Å². The van der Waals surface area contributed by atoms with E-state index in [2.05, 4.69) is 20.3 Å². The van der Waals surface area contributed by atoms with Gasteiger partial charge in [0, 0.05) is 18.5 Å². The summed E-state index contributed by atoms with van der Waals surface area (Å²) in [6.07, 6.45) is 3.35. The van der Waals surface area contributed by atoms with Gasteiger partial charge in [-0.1, -0.05) is 6.07 Å². The van der Waals surface area contributed by atoms with Crippen LogP contribution in [0.2, 0.25) is 0 Å². The summed E-state index contributed by atoms with van der Waals surface area (Å²) < 4.78 is 28.7. The zero-order valence-corrected chi connectivity index (χ0v) is 14.1. The molecule has 6 nitrogen and oxygen atoms in total. The van der Waals surface area contributed by atoms with Crippen molar-refractivity contribution < 1.29 is 13.6 Å². The summed E-state index contributed by atoms with van der Waals surface area (Å²) in [4.78, 5) is 25.1. The highest BCUT2D eigenvalue weighted by Gasteiger charge is 2.16. The second kappa shape index (κ2) is 6.56. The third-order valence-corrected chi connectivity index (χ3v) is 4.00. The number of nitrogens with zero attached hydrogens (tertiary/aromatic N) is 4. The van der Waals surface area contributed by atoms with Crippen LogP contribution in [0.15, 0.2) is 54.9 Å². The van der Waals surface area contributed by atoms with E-state index in [1.54, 1.807) is 6.07 Å². The molecule has 1 amide bonds. The summed E-state index contributed by atoms with van der Waals surface area (Å²) in [5.41, 5.74) is 2.55. The van der Waals surface area contributed by atoms with E-state index in [0.717, 1.165) is 29.2 Å². The van der Waals surface area contributed by atoms with Gasteiger partial charge in [0.2, 0.25) is 5.95 Å². The molecule has 3 aromatic heterocycles. The van der Waals surface area contributed by atoms with Gasteiger partial charge in [-0.25, -0.2) is 23.7 Å². The van der Waals surface area contributed by atoms with Gasteiger partial charge in [-0.15, -0.1) is 0 Å². The number of carbonyl (C=O) groups is 1. The summed E-state index contributed by atoms with van der Waals surface area (Å²) in [5.74, 6) is -2.47. The second-order valence-corrected chi connectivity index (χ2v) is 5.82. The number of fused-ring (bicyclic) bond motifs is 1. The Balaban J connectivity index is 1.68. The monoisotopic (exact) mass is 365 g/mol. The number of rotatable bonds is 3. The predicted molar refractivity (Wildman–Crippen MR) is 95.3 cm³/mol. The van der Waals surface area contributed by atoms with Gasteiger partial charge in [0.15, 0.2) is 0 Å². The van der Waals surface area contributed by atoms with Crippen molar-refractivity contribution in [2.24, 2.45) is 0 Å². The van der Waals surface area contributed by atoms with E-state index in [9.17, 15) is 13.6 Å². The highest BCUT2D eigenvalue weighted by atomic mass is 19.1. The summed E-state index contributed by atoms with van der Waals surface area (Å²) in [6.45, 7) is 1.86. The Bertz CT molecular complexity index is 1170. The number of carbonyl (C=O) groups excluding carboxylic acids is 1. The fourth-order valence-corrected chi connectivity index (χ4v) is 2.82. The fraction of sp³-hybridized carbons (Fsp3) is 0.0526. The van der Waals surface area contributed by atoms with Gasteiger partial charge in [0.05, 0.1) is 22.6 Å². The zero-order valence-electron chi connectivity index (χ0n) is 14.1. The first-order valence-corrected chi connectivity index (χ1v) is 8.06. The highest BCUT2D eigenvalue weighted by molar-refractivity contribution is 6.03. The van der Waals surface area contributed by atoms with E-state index in [-0.39, 0.29) is 11.5 Å². The maximum Gasteiger partial charge on any atom is 0.260 e. The molecule has 3 heterocycles. The van der Waals surface area contributed by atoms with Crippen LogP contribution in [0.25, 0.3) is 17.0 Å². The van der Waals surface area contributed by atoms with Crippen molar-refractivity contribution in [1.29, 1.82) is 0 Å². The third kappa shape index (κ3) is 3.12. The molecule has 1 aromatic carbocycles. The second-order valence-electron chi connectivity index (χ2n) is 5.82. The van der Waals surface area contributed by atoms with Gasteiger partial charge < -0.3 is 0 Å². The van der Waals surface area contributed by atoms with E-state index in [1.165, 1.54) is 6.20 Å². The van der Waals surface area contributed by atoms with Gasteiger partial charge in [-0.2, -0.15) is 0 Å². The molecule has 0 unspecified atom stereocenters. The molecule has 0 aliphatic heterocycles. The van der Waals surface area contributed by atoms with Gasteiger partial charge in [-0.3, -0.25) is 14.5 Å². The Morgan fingerprint density at radius 2 is 1.96 bits per heavy atom. The topological polar surface area (TPSA) is 72.2 Å². The molecule has 0 fully saturated rings. The molecule has 0 bridgehead atoms. The average Bonchev–Trinajstić information content (AvgIpc) is 2.97. The Morgan fingerprint density at radius 1 is 1.11 bits per heavy atom. The van der Waals surface area contributed by atoms with Crippen LogP contribution in [0.1, 0.15) is 16.1 Å². The normalized spacial score (nSPS) is 10.9. The Kier molecular flexibility index (Phi) is 4.08. The smallest absolute Gasteiger partial charge is 0.260 e. The van der Waals surface area contributed by atoms with Crippen molar-refractivity contribution in [3.63, 3.8) is 0 Å². The first-order valence-electron chi connectivity index (χ1n) is 8.06. The molecule has 4 aromatic rings. The number of amides is 1. The molecule has 0 spiro atoms. The molecule has 0 saturated heterocycles. The van der Waals surface area contributed by atoms with Crippen LogP contribution in [-0.2, 0) is 0 Å². The third-order valence-electron chi connectivity index (χ3n) is 4.00. The van der Waals surface area contributed by atoms with Crippen LogP contribution < -0.4 is 5.32 Å². The minimum Gasteiger partial charge on any atom is -0.298 e. The lowest BCUT2D eigenvalue weighted by Crippen LogP contribution is -2.16. The molecule has 0 saturated carbocycles. The van der Waals surface area contributed by atoms with Crippen LogP contribution in [-0.4, -0.2) is 25.3 Å². The first kappa shape index (κ1) is 16.8. The van der Waals surface area contributed by atoms with E-state index in [4.69, 9.17) is 0 Å². The first-order chi connectivity index (χ1) is 13.0. The fourth-order valence-electron chi connectivity index (χ4n) is 2.82. The summed E-state index contributed by atoms with van der Waals surface area (Å²) in [6, 6.07) is 10.0. The van der Waals surface area contributed by atoms with Crippen molar-refractivity contribution in [2.45, 2.75) is 6.92 Å². The van der Waals surface area contributed by atoms with Crippen molar-refractivity contribution in [2.75, 3.05) is 5.32 Å². The maximum atomic E-state index is 13.8. The van der Waals surface area contributed by atoms with Crippen molar-refractivity contribution >= 4 is 17.5 Å². The highest BCUT2D eigenvalue weighted by Crippen LogP contribution is 2.23. The zero-order chi connectivity index (χ0) is 19.0. The van der Waals surface area contributed by atoms with Crippen molar-refractivity contribution in [3.05, 3.63) is 77.8 Å². The Labute approximate surface area is 152 Å². The Hall–Kier alpha value is -3.68. The van der Waals surface area contributed by atoms with E-state index < -0.39 is 17.5 Å². The number of hydrogen-bond donors (Lipinski definition) is 1.